The first kappa shape index (κ1) is 29.5. The first-order valence-corrected chi connectivity index (χ1v) is 19.7. The van der Waals surface area contributed by atoms with Gasteiger partial charge in [-0.3, -0.25) is 0 Å². The van der Waals surface area contributed by atoms with Crippen molar-refractivity contribution in [2.24, 2.45) is 0 Å². The Morgan fingerprint density at radius 1 is 0.273 bits per heavy atom. The number of benzene rings is 10. The second-order valence-corrected chi connectivity index (χ2v) is 15.9. The lowest BCUT2D eigenvalue weighted by atomic mass is 10.0. The van der Waals surface area contributed by atoms with Gasteiger partial charge in [-0.05, 0) is 91.6 Å². The molecule has 0 spiro atoms. The van der Waals surface area contributed by atoms with Crippen LogP contribution in [-0.2, 0) is 0 Å². The summed E-state index contributed by atoms with van der Waals surface area (Å²) in [6.45, 7) is 0. The van der Waals surface area contributed by atoms with Gasteiger partial charge in [-0.2, -0.15) is 0 Å². The molecule has 0 aliphatic carbocycles. The van der Waals surface area contributed by atoms with Crippen LogP contribution in [0.1, 0.15) is 0 Å². The molecule has 0 saturated heterocycles. The van der Waals surface area contributed by atoms with Crippen molar-refractivity contribution in [2.45, 2.75) is 0 Å². The van der Waals surface area contributed by atoms with E-state index < -0.39 is 0 Å². The van der Waals surface area contributed by atoms with Crippen molar-refractivity contribution in [1.29, 1.82) is 0 Å². The van der Waals surface area contributed by atoms with Gasteiger partial charge in [-0.1, -0.05) is 133 Å². The predicted molar refractivity (Wildman–Crippen MR) is 238 cm³/mol. The summed E-state index contributed by atoms with van der Waals surface area (Å²) in [6, 6.07) is 67.6. The van der Waals surface area contributed by atoms with Gasteiger partial charge in [0.15, 0.2) is 0 Å². The number of para-hydroxylation sites is 2. The molecule has 2 nitrogen and oxygen atoms in total. The van der Waals surface area contributed by atoms with Gasteiger partial charge in [-0.25, -0.2) is 0 Å². The molecule has 3 aromatic heterocycles. The summed E-state index contributed by atoms with van der Waals surface area (Å²) >= 11 is 1.95. The standard InChI is InChI=1S/C52H30N2S/c1-3-11-37-31(9-1)17-19-33-29-35(21-23-39(33)37)53-45-15-7-5-13-43(45)49-47(53)27-25-41-42-26-28-48-50(52(42)55-51(41)49)44-14-6-8-16-46(44)54(48)36-22-24-40-34(30-36)20-18-32-10-2-4-12-38(32)40/h1-30H. The van der Waals surface area contributed by atoms with Gasteiger partial charge in [0.2, 0.25) is 0 Å². The van der Waals surface area contributed by atoms with E-state index in [-0.39, 0.29) is 0 Å². The van der Waals surface area contributed by atoms with Crippen molar-refractivity contribution < 1.29 is 0 Å². The summed E-state index contributed by atoms with van der Waals surface area (Å²) < 4.78 is 7.62. The van der Waals surface area contributed by atoms with Gasteiger partial charge >= 0.3 is 0 Å². The molecule has 10 aromatic carbocycles. The Bertz CT molecular complexity index is 3530. The average molecular weight is 715 g/mol. The van der Waals surface area contributed by atoms with Gasteiger partial charge in [0.1, 0.15) is 0 Å². The summed E-state index contributed by atoms with van der Waals surface area (Å²) in [6.07, 6.45) is 0. The highest BCUT2D eigenvalue weighted by Gasteiger charge is 2.21. The second-order valence-electron chi connectivity index (χ2n) is 14.9. The Labute approximate surface area is 319 Å². The fourth-order valence-electron chi connectivity index (χ4n) is 9.63. The third-order valence-corrected chi connectivity index (χ3v) is 13.3. The zero-order chi connectivity index (χ0) is 35.8. The molecular formula is C52H30N2S. The van der Waals surface area contributed by atoms with Crippen LogP contribution in [0, 0.1) is 0 Å². The summed E-state index contributed by atoms with van der Waals surface area (Å²) in [4.78, 5) is 0. The van der Waals surface area contributed by atoms with E-state index in [0.29, 0.717) is 0 Å². The van der Waals surface area contributed by atoms with Crippen molar-refractivity contribution >= 4 is 118 Å². The van der Waals surface area contributed by atoms with Gasteiger partial charge < -0.3 is 9.13 Å². The maximum absolute atomic E-state index is 2.47. The first-order valence-electron chi connectivity index (χ1n) is 18.9. The van der Waals surface area contributed by atoms with Crippen molar-refractivity contribution in [3.8, 4) is 11.4 Å². The molecule has 55 heavy (non-hydrogen) atoms. The number of hydrogen-bond donors (Lipinski definition) is 0. The van der Waals surface area contributed by atoms with Crippen LogP contribution in [0.3, 0.4) is 0 Å². The Kier molecular flexibility index (Phi) is 5.80. The van der Waals surface area contributed by atoms with Crippen LogP contribution >= 0.6 is 11.3 Å². The van der Waals surface area contributed by atoms with E-state index in [1.165, 1.54) is 118 Å². The zero-order valence-corrected chi connectivity index (χ0v) is 30.4. The van der Waals surface area contributed by atoms with Gasteiger partial charge in [0.05, 0.1) is 22.1 Å². The predicted octanol–water partition coefficient (Wildman–Crippen LogP) is 14.9. The summed E-state index contributed by atoms with van der Waals surface area (Å²) in [5, 5.41) is 18.1. The van der Waals surface area contributed by atoms with Gasteiger partial charge in [0.25, 0.3) is 0 Å². The fraction of sp³-hybridized carbons (Fsp3) is 0. The van der Waals surface area contributed by atoms with Crippen LogP contribution in [-0.4, -0.2) is 9.13 Å². The highest BCUT2D eigenvalue weighted by atomic mass is 32.1. The molecule has 0 radical (unpaired) electrons. The van der Waals surface area contributed by atoms with Crippen molar-refractivity contribution in [1.82, 2.24) is 9.13 Å². The lowest BCUT2D eigenvalue weighted by Gasteiger charge is -2.11. The molecule has 0 amide bonds. The molecule has 0 atom stereocenters. The highest BCUT2D eigenvalue weighted by molar-refractivity contribution is 7.27. The van der Waals surface area contributed by atoms with E-state index in [1.807, 2.05) is 11.3 Å². The van der Waals surface area contributed by atoms with Crippen molar-refractivity contribution in [2.75, 3.05) is 0 Å². The molecule has 254 valence electrons. The number of nitrogens with zero attached hydrogens (tertiary/aromatic N) is 2. The van der Waals surface area contributed by atoms with Crippen LogP contribution in [0.4, 0.5) is 0 Å². The zero-order valence-electron chi connectivity index (χ0n) is 29.6. The van der Waals surface area contributed by atoms with Crippen LogP contribution in [0.25, 0.3) is 118 Å². The quantitative estimate of drug-likeness (QED) is 0.158. The van der Waals surface area contributed by atoms with E-state index >= 15 is 0 Å². The smallest absolute Gasteiger partial charge is 0.0555 e. The number of thiophene rings is 1. The number of rotatable bonds is 2. The van der Waals surface area contributed by atoms with Crippen molar-refractivity contribution in [3.63, 3.8) is 0 Å². The van der Waals surface area contributed by atoms with Gasteiger partial charge in [0, 0.05) is 53.1 Å². The Balaban J connectivity index is 1.07. The Hall–Kier alpha value is -6.94. The lowest BCUT2D eigenvalue weighted by Crippen LogP contribution is -1.94. The number of aromatic nitrogens is 2. The summed E-state index contributed by atoms with van der Waals surface area (Å²) in [5.41, 5.74) is 7.30. The van der Waals surface area contributed by atoms with E-state index in [2.05, 4.69) is 191 Å². The third-order valence-electron chi connectivity index (χ3n) is 12.0. The molecule has 0 aliphatic rings. The van der Waals surface area contributed by atoms with Crippen LogP contribution in [0.5, 0.6) is 0 Å². The molecule has 3 heterocycles. The van der Waals surface area contributed by atoms with E-state index in [1.54, 1.807) is 0 Å². The molecule has 0 unspecified atom stereocenters. The van der Waals surface area contributed by atoms with Crippen molar-refractivity contribution in [3.05, 3.63) is 182 Å². The molecule has 0 fully saturated rings. The molecule has 0 N–H and O–H groups in total. The monoisotopic (exact) mass is 714 g/mol. The molecular weight excluding hydrogens is 685 g/mol. The maximum Gasteiger partial charge on any atom is 0.0555 e. The van der Waals surface area contributed by atoms with E-state index in [4.69, 9.17) is 0 Å². The summed E-state index contributed by atoms with van der Waals surface area (Å²) in [7, 11) is 0. The molecule has 3 heteroatoms. The van der Waals surface area contributed by atoms with E-state index in [9.17, 15) is 0 Å². The molecule has 0 aliphatic heterocycles. The van der Waals surface area contributed by atoms with Crippen LogP contribution < -0.4 is 0 Å². The SMILES string of the molecule is c1ccc2c(c1)ccc1cc(-n3c4ccccc4c4c5sc6c(ccc7c6c6ccccc6n7-c6ccc7c(ccc8ccccc87)c6)c5ccc43)ccc12. The largest absolute Gasteiger partial charge is 0.309 e. The Morgan fingerprint density at radius 2 is 0.655 bits per heavy atom. The third kappa shape index (κ3) is 3.97. The van der Waals surface area contributed by atoms with Gasteiger partial charge in [-0.15, -0.1) is 11.3 Å². The molecule has 0 saturated carbocycles. The molecule has 13 aromatic rings. The minimum absolute atomic E-state index is 1.18. The highest BCUT2D eigenvalue weighted by Crippen LogP contribution is 2.48. The fourth-order valence-corrected chi connectivity index (χ4v) is 11.0. The average Bonchev–Trinajstić information content (AvgIpc) is 3.91. The lowest BCUT2D eigenvalue weighted by molar-refractivity contribution is 1.19. The summed E-state index contributed by atoms with van der Waals surface area (Å²) in [5.74, 6) is 0. The minimum Gasteiger partial charge on any atom is -0.309 e. The topological polar surface area (TPSA) is 9.86 Å². The normalized spacial score (nSPS) is 12.4. The number of fused-ring (bicyclic) bond motifs is 17. The minimum atomic E-state index is 1.18. The molecule has 13 rings (SSSR count). The van der Waals surface area contributed by atoms with Crippen LogP contribution in [0.15, 0.2) is 182 Å². The molecule has 0 bridgehead atoms. The first-order chi connectivity index (χ1) is 27.3. The van der Waals surface area contributed by atoms with E-state index in [0.717, 1.165) is 0 Å². The number of hydrogen-bond acceptors (Lipinski definition) is 1. The Morgan fingerprint density at radius 3 is 1.15 bits per heavy atom. The maximum atomic E-state index is 2.47. The second kappa shape index (κ2) is 10.8. The van der Waals surface area contributed by atoms with Crippen LogP contribution in [0.2, 0.25) is 0 Å².